The molecule has 0 radical (unpaired) electrons. The van der Waals surface area contributed by atoms with Crippen LogP contribution in [0.1, 0.15) is 12.6 Å². The van der Waals surface area contributed by atoms with E-state index in [0.717, 1.165) is 11.7 Å². The smallest absolute Gasteiger partial charge is 0.388 e. The van der Waals surface area contributed by atoms with Crippen molar-refractivity contribution in [1.29, 1.82) is 0 Å². The van der Waals surface area contributed by atoms with E-state index in [1.807, 2.05) is 0 Å². The van der Waals surface area contributed by atoms with Gasteiger partial charge in [-0.2, -0.15) is 9.29 Å². The Balaban J connectivity index is 1.99. The molecule has 2 heterocycles. The van der Waals surface area contributed by atoms with Crippen molar-refractivity contribution in [3.05, 3.63) is 22.7 Å². The van der Waals surface area contributed by atoms with Crippen molar-refractivity contribution in [2.24, 2.45) is 0 Å². The maximum atomic E-state index is 11.8. The number of hydrogen-bond acceptors (Lipinski definition) is 10. The molecule has 1 aromatic rings. The number of aromatic nitrogens is 2. The van der Waals surface area contributed by atoms with Crippen molar-refractivity contribution in [3.8, 4) is 0 Å². The van der Waals surface area contributed by atoms with Gasteiger partial charge in [0.25, 0.3) is 0 Å². The van der Waals surface area contributed by atoms with Gasteiger partial charge in [-0.05, 0) is 6.07 Å². The number of nitrogens with two attached hydrogens (primary N) is 1. The quantitative estimate of drug-likeness (QED) is 0.423. The highest BCUT2D eigenvalue weighted by molar-refractivity contribution is 7.61. The summed E-state index contributed by atoms with van der Waals surface area (Å²) in [4.78, 5) is 33.6. The minimum absolute atomic E-state index is 0.00133. The molecule has 0 saturated carbocycles. The van der Waals surface area contributed by atoms with Gasteiger partial charge in [0.15, 0.2) is 6.23 Å². The van der Waals surface area contributed by atoms with E-state index in [-0.39, 0.29) is 12.2 Å². The predicted molar refractivity (Wildman–Crippen MR) is 81.1 cm³/mol. The van der Waals surface area contributed by atoms with E-state index in [1.165, 1.54) is 12.3 Å². The first-order chi connectivity index (χ1) is 11.5. The van der Waals surface area contributed by atoms with Crippen molar-refractivity contribution >= 4 is 21.5 Å². The van der Waals surface area contributed by atoms with E-state index >= 15 is 0 Å². The second-order valence-corrected chi connectivity index (χ2v) is 8.14. The van der Waals surface area contributed by atoms with Crippen molar-refractivity contribution in [2.75, 3.05) is 19.5 Å². The normalized spacial score (nSPS) is 28.4. The minimum atomic E-state index is -4.91. The summed E-state index contributed by atoms with van der Waals surface area (Å²) in [6.45, 7) is -0.553. The molecule has 25 heavy (non-hydrogen) atoms. The Morgan fingerprint density at radius 1 is 1.44 bits per heavy atom. The first-order valence-electron chi connectivity index (χ1n) is 6.78. The zero-order chi connectivity index (χ0) is 18.8. The van der Waals surface area contributed by atoms with Crippen LogP contribution in [0.2, 0.25) is 0 Å². The van der Waals surface area contributed by atoms with Crippen molar-refractivity contribution in [3.63, 3.8) is 0 Å². The van der Waals surface area contributed by atoms with E-state index < -0.39 is 46.4 Å². The van der Waals surface area contributed by atoms with Gasteiger partial charge in [0.1, 0.15) is 11.9 Å². The van der Waals surface area contributed by atoms with E-state index in [2.05, 4.69) is 18.3 Å². The van der Waals surface area contributed by atoms with Crippen LogP contribution >= 0.6 is 15.6 Å². The second-order valence-electron chi connectivity index (χ2n) is 4.99. The molecule has 5 N–H and O–H groups in total. The lowest BCUT2D eigenvalue weighted by atomic mass is 10.2. The van der Waals surface area contributed by atoms with Gasteiger partial charge in [-0.3, -0.25) is 13.6 Å². The molecular formula is C10H17N3O10P2. The van der Waals surface area contributed by atoms with E-state index in [9.17, 15) is 23.9 Å². The molecule has 0 aliphatic carbocycles. The van der Waals surface area contributed by atoms with Crippen LogP contribution in [-0.4, -0.2) is 50.4 Å². The number of phosphoric ester groups is 2. The van der Waals surface area contributed by atoms with Crippen LogP contribution in [0.4, 0.5) is 5.82 Å². The molecule has 2 rings (SSSR count). The molecule has 15 heteroatoms. The zero-order valence-corrected chi connectivity index (χ0v) is 14.7. The lowest BCUT2D eigenvalue weighted by molar-refractivity contribution is -0.0523. The molecule has 1 aliphatic rings. The summed E-state index contributed by atoms with van der Waals surface area (Å²) >= 11 is 0. The van der Waals surface area contributed by atoms with Crippen molar-refractivity contribution < 1.29 is 42.1 Å². The Morgan fingerprint density at radius 3 is 2.72 bits per heavy atom. The minimum Gasteiger partial charge on any atom is -0.388 e. The summed E-state index contributed by atoms with van der Waals surface area (Å²) in [5, 5.41) is 9.99. The number of aliphatic hydroxyl groups is 1. The average molecular weight is 401 g/mol. The standard InChI is InChI=1S/C10H17N3O10P2/c1-20-24(16,17)23-25(18,19)21-5-6-4-7(14)9(22-6)13-3-2-8(11)12-10(13)15/h2-3,6-7,9,14H,4-5H2,1H3,(H,16,17)(H,18,19)(H2,11,12,15)/t6-,7-,9?/m0/s1. The van der Waals surface area contributed by atoms with Gasteiger partial charge < -0.3 is 25.4 Å². The maximum Gasteiger partial charge on any atom is 0.481 e. The summed E-state index contributed by atoms with van der Waals surface area (Å²) in [6.07, 6.45) is -1.88. The highest BCUT2D eigenvalue weighted by Crippen LogP contribution is 2.60. The third-order valence-corrected chi connectivity index (χ3v) is 5.74. The fraction of sp³-hybridized carbons (Fsp3) is 0.600. The molecule has 0 bridgehead atoms. The van der Waals surface area contributed by atoms with Gasteiger partial charge in [-0.1, -0.05) is 0 Å². The molecule has 1 fully saturated rings. The van der Waals surface area contributed by atoms with Crippen LogP contribution in [0.15, 0.2) is 17.1 Å². The third kappa shape index (κ3) is 5.42. The SMILES string of the molecule is COP(=O)(O)OP(=O)(O)OC[C@@H]1C[C@H](O)C(n2ccc(N)nc2=O)O1. The summed E-state index contributed by atoms with van der Waals surface area (Å²) < 4.78 is 41.6. The Morgan fingerprint density at radius 2 is 2.12 bits per heavy atom. The van der Waals surface area contributed by atoms with Crippen molar-refractivity contribution in [1.82, 2.24) is 9.55 Å². The summed E-state index contributed by atoms with van der Waals surface area (Å²) in [5.41, 5.74) is 4.62. The molecule has 13 nitrogen and oxygen atoms in total. The van der Waals surface area contributed by atoms with Crippen molar-refractivity contribution in [2.45, 2.75) is 24.9 Å². The number of rotatable bonds is 7. The Bertz CT molecular complexity index is 770. The number of nitrogens with zero attached hydrogens (tertiary/aromatic N) is 2. The number of hydrogen-bond donors (Lipinski definition) is 4. The Labute approximate surface area is 141 Å². The van der Waals surface area contributed by atoms with Crippen LogP contribution in [-0.2, 0) is 27.2 Å². The van der Waals surface area contributed by atoms with E-state index in [0.29, 0.717) is 0 Å². The Kier molecular flexibility index (Phi) is 6.15. The number of aliphatic hydroxyl groups excluding tert-OH is 1. The number of phosphoric acid groups is 2. The average Bonchev–Trinajstić information content (AvgIpc) is 2.85. The first kappa shape index (κ1) is 20.2. The topological polar surface area (TPSA) is 193 Å². The van der Waals surface area contributed by atoms with Crippen LogP contribution in [0, 0.1) is 0 Å². The molecule has 5 atom stereocenters. The summed E-state index contributed by atoms with van der Waals surface area (Å²) in [7, 11) is -8.84. The van der Waals surface area contributed by atoms with Gasteiger partial charge in [0.05, 0.1) is 12.7 Å². The second kappa shape index (κ2) is 7.62. The van der Waals surface area contributed by atoms with Crippen LogP contribution in [0.5, 0.6) is 0 Å². The Hall–Kier alpha value is -1.14. The molecule has 1 aromatic heterocycles. The number of ether oxygens (including phenoxy) is 1. The molecule has 3 unspecified atom stereocenters. The van der Waals surface area contributed by atoms with Gasteiger partial charge >= 0.3 is 21.3 Å². The fourth-order valence-electron chi connectivity index (χ4n) is 2.07. The summed E-state index contributed by atoms with van der Waals surface area (Å²) in [5.74, 6) is -0.00133. The third-order valence-electron chi connectivity index (χ3n) is 3.15. The highest BCUT2D eigenvalue weighted by Gasteiger charge is 2.39. The van der Waals surface area contributed by atoms with Gasteiger partial charge in [0.2, 0.25) is 0 Å². The molecule has 142 valence electrons. The number of nitrogen functional groups attached to an aromatic ring is 1. The zero-order valence-electron chi connectivity index (χ0n) is 12.9. The predicted octanol–water partition coefficient (Wildman–Crippen LogP) is -0.646. The molecule has 0 spiro atoms. The molecule has 1 saturated heterocycles. The van der Waals surface area contributed by atoms with Gasteiger partial charge in [-0.25, -0.2) is 13.9 Å². The molecular weight excluding hydrogens is 384 g/mol. The summed E-state index contributed by atoms with van der Waals surface area (Å²) in [6, 6.07) is 1.33. The maximum absolute atomic E-state index is 11.8. The molecule has 1 aliphatic heterocycles. The monoisotopic (exact) mass is 401 g/mol. The largest absolute Gasteiger partial charge is 0.481 e. The lowest BCUT2D eigenvalue weighted by Crippen LogP contribution is -2.31. The van der Waals surface area contributed by atoms with Crippen LogP contribution < -0.4 is 11.4 Å². The van der Waals surface area contributed by atoms with E-state index in [4.69, 9.17) is 15.4 Å². The number of anilines is 1. The van der Waals surface area contributed by atoms with Gasteiger partial charge in [-0.15, -0.1) is 0 Å². The molecule has 0 aromatic carbocycles. The van der Waals surface area contributed by atoms with Crippen LogP contribution in [0.25, 0.3) is 0 Å². The van der Waals surface area contributed by atoms with Crippen LogP contribution in [0.3, 0.4) is 0 Å². The van der Waals surface area contributed by atoms with Gasteiger partial charge in [0, 0.05) is 19.7 Å². The first-order valence-corrected chi connectivity index (χ1v) is 9.77. The molecule has 0 amide bonds. The lowest BCUT2D eigenvalue weighted by Gasteiger charge is -2.18. The highest BCUT2D eigenvalue weighted by atomic mass is 31.3. The van der Waals surface area contributed by atoms with E-state index in [1.54, 1.807) is 0 Å². The fourth-order valence-corrected chi connectivity index (χ4v) is 3.92.